The predicted molar refractivity (Wildman–Crippen MR) is 74.0 cm³/mol. The first kappa shape index (κ1) is 13.4. The van der Waals surface area contributed by atoms with Crippen LogP contribution in [0.15, 0.2) is 33.6 Å². The van der Waals surface area contributed by atoms with E-state index in [1.165, 1.54) is 17.1 Å². The molecule has 0 heterocycles. The summed E-state index contributed by atoms with van der Waals surface area (Å²) in [6.07, 6.45) is 2.37. The molecule has 1 aromatic rings. The highest BCUT2D eigenvalue weighted by Gasteiger charge is 2.01. The zero-order chi connectivity index (χ0) is 11.1. The molecule has 0 bridgehead atoms. The molecule has 0 aliphatic carbocycles. The van der Waals surface area contributed by atoms with Crippen LogP contribution in [-0.4, -0.2) is 11.6 Å². The van der Waals surface area contributed by atoms with Crippen LogP contribution in [0.3, 0.4) is 0 Å². The summed E-state index contributed by atoms with van der Waals surface area (Å²) in [6, 6.07) is 8.45. The molecular weight excluding hydrogens is 292 g/mol. The molecule has 0 radical (unpaired) electrons. The number of halogens is 2. The van der Waals surface area contributed by atoms with Gasteiger partial charge in [0.2, 0.25) is 0 Å². The van der Waals surface area contributed by atoms with Crippen LogP contribution < -0.4 is 0 Å². The van der Waals surface area contributed by atoms with Crippen molar-refractivity contribution in [3.05, 3.63) is 28.7 Å². The van der Waals surface area contributed by atoms with Crippen LogP contribution in [-0.2, 0) is 0 Å². The molecule has 15 heavy (non-hydrogen) atoms. The maximum absolute atomic E-state index is 5.70. The maximum Gasteiger partial charge on any atom is 0.0225 e. The van der Waals surface area contributed by atoms with E-state index in [2.05, 4.69) is 47.1 Å². The summed E-state index contributed by atoms with van der Waals surface area (Å²) in [5, 5.41) is 0. The first-order valence-corrected chi connectivity index (χ1v) is 7.48. The van der Waals surface area contributed by atoms with E-state index in [4.69, 9.17) is 11.6 Å². The Morgan fingerprint density at radius 1 is 1.40 bits per heavy atom. The van der Waals surface area contributed by atoms with Crippen molar-refractivity contribution in [1.29, 1.82) is 0 Å². The molecule has 0 aliphatic rings. The fourth-order valence-electron chi connectivity index (χ4n) is 1.27. The lowest BCUT2D eigenvalue weighted by Crippen LogP contribution is -1.97. The second-order valence-corrected chi connectivity index (χ2v) is 6.14. The number of hydrogen-bond donors (Lipinski definition) is 0. The van der Waals surface area contributed by atoms with Crippen molar-refractivity contribution < 1.29 is 0 Å². The summed E-state index contributed by atoms with van der Waals surface area (Å²) < 4.78 is 1.15. The Kier molecular flexibility index (Phi) is 6.78. The van der Waals surface area contributed by atoms with Gasteiger partial charge in [0.05, 0.1) is 0 Å². The molecule has 1 atom stereocenters. The summed E-state index contributed by atoms with van der Waals surface area (Å²) in [5.74, 6) is 2.69. The number of benzene rings is 1. The summed E-state index contributed by atoms with van der Waals surface area (Å²) >= 11 is 11.1. The van der Waals surface area contributed by atoms with Crippen LogP contribution in [0.4, 0.5) is 0 Å². The quantitative estimate of drug-likeness (QED) is 0.514. The standard InChI is InChI=1S/C12H16BrClS/c1-10(5-7-14)6-8-15-12-4-2-3-11(13)9-12/h2-4,9-10H,5-8H2,1H3. The Morgan fingerprint density at radius 3 is 2.87 bits per heavy atom. The van der Waals surface area contributed by atoms with Gasteiger partial charge in [-0.3, -0.25) is 0 Å². The summed E-state index contributed by atoms with van der Waals surface area (Å²) in [4.78, 5) is 1.34. The molecule has 1 rings (SSSR count). The molecule has 0 spiro atoms. The number of rotatable bonds is 6. The Hall–Kier alpha value is 0.340. The zero-order valence-electron chi connectivity index (χ0n) is 8.88. The van der Waals surface area contributed by atoms with E-state index in [-0.39, 0.29) is 0 Å². The highest BCUT2D eigenvalue weighted by molar-refractivity contribution is 9.10. The summed E-state index contributed by atoms with van der Waals surface area (Å²) in [7, 11) is 0. The Balaban J connectivity index is 2.25. The average molecular weight is 308 g/mol. The largest absolute Gasteiger partial charge is 0.127 e. The number of hydrogen-bond acceptors (Lipinski definition) is 1. The van der Waals surface area contributed by atoms with E-state index in [0.29, 0.717) is 0 Å². The van der Waals surface area contributed by atoms with Gasteiger partial charge >= 0.3 is 0 Å². The van der Waals surface area contributed by atoms with Gasteiger partial charge in [0.1, 0.15) is 0 Å². The predicted octanol–water partition coefficient (Wildman–Crippen LogP) is 5.20. The van der Waals surface area contributed by atoms with Crippen molar-refractivity contribution in [2.24, 2.45) is 5.92 Å². The van der Waals surface area contributed by atoms with Crippen molar-refractivity contribution in [3.8, 4) is 0 Å². The third kappa shape index (κ3) is 5.84. The van der Waals surface area contributed by atoms with Gasteiger partial charge in [-0.1, -0.05) is 28.9 Å². The maximum atomic E-state index is 5.70. The molecular formula is C12H16BrClS. The smallest absolute Gasteiger partial charge is 0.0225 e. The van der Waals surface area contributed by atoms with Gasteiger partial charge in [-0.15, -0.1) is 23.4 Å². The van der Waals surface area contributed by atoms with Crippen molar-refractivity contribution in [1.82, 2.24) is 0 Å². The minimum absolute atomic E-state index is 0.738. The molecule has 84 valence electrons. The number of alkyl halides is 1. The molecule has 0 aromatic heterocycles. The fraction of sp³-hybridized carbons (Fsp3) is 0.500. The third-order valence-corrected chi connectivity index (χ3v) is 4.02. The van der Waals surface area contributed by atoms with Crippen LogP contribution in [0.1, 0.15) is 19.8 Å². The minimum atomic E-state index is 0.738. The highest BCUT2D eigenvalue weighted by Crippen LogP contribution is 2.24. The van der Waals surface area contributed by atoms with Crippen LogP contribution in [0.2, 0.25) is 0 Å². The van der Waals surface area contributed by atoms with Gasteiger partial charge in [-0.25, -0.2) is 0 Å². The van der Waals surface area contributed by atoms with E-state index in [1.807, 2.05) is 11.8 Å². The summed E-state index contributed by atoms with van der Waals surface area (Å²) in [5.41, 5.74) is 0. The number of thioether (sulfide) groups is 1. The molecule has 0 N–H and O–H groups in total. The van der Waals surface area contributed by atoms with Crippen molar-refractivity contribution >= 4 is 39.3 Å². The summed E-state index contributed by atoms with van der Waals surface area (Å²) in [6.45, 7) is 2.27. The fourth-order valence-corrected chi connectivity index (χ4v) is 3.33. The van der Waals surface area contributed by atoms with Crippen LogP contribution >= 0.6 is 39.3 Å². The SMILES string of the molecule is CC(CCCl)CCSc1cccc(Br)c1. The zero-order valence-corrected chi connectivity index (χ0v) is 12.0. The lowest BCUT2D eigenvalue weighted by Gasteiger charge is -2.08. The first-order valence-electron chi connectivity index (χ1n) is 5.16. The molecule has 3 heteroatoms. The monoisotopic (exact) mass is 306 g/mol. The third-order valence-electron chi connectivity index (χ3n) is 2.28. The molecule has 0 saturated heterocycles. The second-order valence-electron chi connectivity index (χ2n) is 3.68. The normalized spacial score (nSPS) is 12.7. The first-order chi connectivity index (χ1) is 7.22. The Morgan fingerprint density at radius 2 is 2.20 bits per heavy atom. The van der Waals surface area contributed by atoms with Crippen molar-refractivity contribution in [3.63, 3.8) is 0 Å². The Labute approximate surface area is 110 Å². The topological polar surface area (TPSA) is 0 Å². The lowest BCUT2D eigenvalue weighted by atomic mass is 10.1. The van der Waals surface area contributed by atoms with Crippen LogP contribution in [0.25, 0.3) is 0 Å². The average Bonchev–Trinajstić information content (AvgIpc) is 2.18. The Bertz CT molecular complexity index is 291. The molecule has 0 fully saturated rings. The molecule has 1 aromatic carbocycles. The van der Waals surface area contributed by atoms with Crippen LogP contribution in [0, 0.1) is 5.92 Å². The molecule has 0 nitrogen and oxygen atoms in total. The molecule has 1 unspecified atom stereocenters. The lowest BCUT2D eigenvalue weighted by molar-refractivity contribution is 0.552. The van der Waals surface area contributed by atoms with Gasteiger partial charge in [-0.2, -0.15) is 0 Å². The van der Waals surface area contributed by atoms with Gasteiger partial charge in [-0.05, 0) is 42.7 Å². The van der Waals surface area contributed by atoms with Crippen LogP contribution in [0.5, 0.6) is 0 Å². The van der Waals surface area contributed by atoms with Gasteiger partial charge in [0.25, 0.3) is 0 Å². The highest BCUT2D eigenvalue weighted by atomic mass is 79.9. The van der Waals surface area contributed by atoms with Crippen molar-refractivity contribution in [2.45, 2.75) is 24.7 Å². The minimum Gasteiger partial charge on any atom is -0.127 e. The van der Waals surface area contributed by atoms with E-state index < -0.39 is 0 Å². The van der Waals surface area contributed by atoms with E-state index in [0.717, 1.165) is 22.7 Å². The molecule has 0 amide bonds. The van der Waals surface area contributed by atoms with Gasteiger partial charge < -0.3 is 0 Å². The van der Waals surface area contributed by atoms with E-state index in [9.17, 15) is 0 Å². The van der Waals surface area contributed by atoms with E-state index >= 15 is 0 Å². The van der Waals surface area contributed by atoms with Gasteiger partial charge in [0.15, 0.2) is 0 Å². The molecule has 0 saturated carbocycles. The van der Waals surface area contributed by atoms with Crippen molar-refractivity contribution in [2.75, 3.05) is 11.6 Å². The second kappa shape index (κ2) is 7.59. The van der Waals surface area contributed by atoms with E-state index in [1.54, 1.807) is 0 Å². The molecule has 0 aliphatic heterocycles. The van der Waals surface area contributed by atoms with Gasteiger partial charge in [0, 0.05) is 15.2 Å².